The highest BCUT2D eigenvalue weighted by atomic mass is 35.5. The molecule has 0 radical (unpaired) electrons. The third-order valence-corrected chi connectivity index (χ3v) is 3.55. The average molecular weight is 316 g/mol. The first-order chi connectivity index (χ1) is 10.1. The molecule has 5 heteroatoms. The molecule has 1 rings (SSSR count). The first-order valence-corrected chi connectivity index (χ1v) is 7.85. The highest BCUT2D eigenvalue weighted by Gasteiger charge is 2.11. The van der Waals surface area contributed by atoms with Gasteiger partial charge in [0.2, 0.25) is 0 Å². The SMILES string of the molecule is CCOCCN(CCOCC)c1ccc(C(C)O)c(Cl)c1. The van der Waals surface area contributed by atoms with Crippen LogP contribution in [0.1, 0.15) is 32.4 Å². The van der Waals surface area contributed by atoms with Gasteiger partial charge < -0.3 is 19.5 Å². The number of hydrogen-bond acceptors (Lipinski definition) is 4. The molecule has 1 N–H and O–H groups in total. The Morgan fingerprint density at radius 1 is 1.14 bits per heavy atom. The van der Waals surface area contributed by atoms with E-state index in [1.54, 1.807) is 6.92 Å². The Morgan fingerprint density at radius 3 is 2.14 bits per heavy atom. The van der Waals surface area contributed by atoms with Crippen LogP contribution in [-0.4, -0.2) is 44.6 Å². The Kier molecular flexibility index (Phi) is 8.69. The van der Waals surface area contributed by atoms with Gasteiger partial charge in [-0.25, -0.2) is 0 Å². The van der Waals surface area contributed by atoms with E-state index in [1.165, 1.54) is 0 Å². The molecule has 0 heterocycles. The molecule has 0 aromatic heterocycles. The minimum atomic E-state index is -0.563. The lowest BCUT2D eigenvalue weighted by Gasteiger charge is -2.25. The Labute approximate surface area is 132 Å². The molecule has 1 atom stereocenters. The van der Waals surface area contributed by atoms with Gasteiger partial charge in [-0.05, 0) is 38.5 Å². The number of nitrogens with zero attached hydrogens (tertiary/aromatic N) is 1. The van der Waals surface area contributed by atoms with E-state index in [1.807, 2.05) is 32.0 Å². The summed E-state index contributed by atoms with van der Waals surface area (Å²) in [6, 6.07) is 5.74. The van der Waals surface area contributed by atoms with Crippen molar-refractivity contribution in [3.05, 3.63) is 28.8 Å². The van der Waals surface area contributed by atoms with Crippen molar-refractivity contribution in [1.82, 2.24) is 0 Å². The number of aliphatic hydroxyl groups excluding tert-OH is 1. The van der Waals surface area contributed by atoms with Gasteiger partial charge in [0.25, 0.3) is 0 Å². The number of rotatable bonds is 10. The lowest BCUT2D eigenvalue weighted by Crippen LogP contribution is -2.31. The van der Waals surface area contributed by atoms with Gasteiger partial charge in [0, 0.05) is 37.0 Å². The van der Waals surface area contributed by atoms with Gasteiger partial charge in [0.15, 0.2) is 0 Å². The predicted molar refractivity (Wildman–Crippen MR) is 87.3 cm³/mol. The second kappa shape index (κ2) is 10.0. The molecular formula is C16H26ClNO3. The van der Waals surface area contributed by atoms with Crippen molar-refractivity contribution in [1.29, 1.82) is 0 Å². The molecule has 0 aliphatic rings. The molecule has 4 nitrogen and oxygen atoms in total. The van der Waals surface area contributed by atoms with Crippen molar-refractivity contribution >= 4 is 17.3 Å². The maximum atomic E-state index is 9.64. The molecule has 0 amide bonds. The fraction of sp³-hybridized carbons (Fsp3) is 0.625. The Hall–Kier alpha value is -0.810. The van der Waals surface area contributed by atoms with Gasteiger partial charge in [0.05, 0.1) is 19.3 Å². The molecule has 0 saturated carbocycles. The van der Waals surface area contributed by atoms with E-state index in [2.05, 4.69) is 4.90 Å². The number of aliphatic hydroxyl groups is 1. The standard InChI is InChI=1S/C16H26ClNO3/c1-4-20-10-8-18(9-11-21-5-2)14-6-7-15(13(3)19)16(17)12-14/h6-7,12-13,19H,4-5,8-11H2,1-3H3. The number of benzene rings is 1. The van der Waals surface area contributed by atoms with Gasteiger partial charge in [-0.2, -0.15) is 0 Å². The fourth-order valence-corrected chi connectivity index (χ4v) is 2.39. The van der Waals surface area contributed by atoms with Crippen molar-refractivity contribution in [2.24, 2.45) is 0 Å². The van der Waals surface area contributed by atoms with Gasteiger partial charge in [-0.15, -0.1) is 0 Å². The summed E-state index contributed by atoms with van der Waals surface area (Å²) < 4.78 is 10.9. The summed E-state index contributed by atoms with van der Waals surface area (Å²) in [7, 11) is 0. The summed E-state index contributed by atoms with van der Waals surface area (Å²) in [4.78, 5) is 2.18. The van der Waals surface area contributed by atoms with Crippen LogP contribution in [0.15, 0.2) is 18.2 Å². The van der Waals surface area contributed by atoms with E-state index < -0.39 is 6.10 Å². The van der Waals surface area contributed by atoms with Crippen molar-refractivity contribution in [3.8, 4) is 0 Å². The molecule has 0 spiro atoms. The number of halogens is 1. The molecule has 1 aromatic carbocycles. The Bertz CT molecular complexity index is 403. The number of anilines is 1. The minimum absolute atomic E-state index is 0.563. The van der Waals surface area contributed by atoms with E-state index in [-0.39, 0.29) is 0 Å². The topological polar surface area (TPSA) is 41.9 Å². The van der Waals surface area contributed by atoms with Crippen LogP contribution in [0.3, 0.4) is 0 Å². The van der Waals surface area contributed by atoms with Crippen molar-refractivity contribution in [2.75, 3.05) is 44.4 Å². The fourth-order valence-electron chi connectivity index (χ4n) is 2.06. The predicted octanol–water partition coefficient (Wildman–Crippen LogP) is 3.27. The summed E-state index contributed by atoms with van der Waals surface area (Å²) in [5, 5.41) is 10.2. The van der Waals surface area contributed by atoms with Crippen LogP contribution < -0.4 is 4.90 Å². The molecule has 0 bridgehead atoms. The van der Waals surface area contributed by atoms with E-state index in [9.17, 15) is 5.11 Å². The molecule has 0 saturated heterocycles. The maximum absolute atomic E-state index is 9.64. The van der Waals surface area contributed by atoms with Gasteiger partial charge >= 0.3 is 0 Å². The molecule has 0 aliphatic carbocycles. The molecule has 1 unspecified atom stereocenters. The van der Waals surface area contributed by atoms with E-state index in [4.69, 9.17) is 21.1 Å². The van der Waals surface area contributed by atoms with Crippen LogP contribution in [0, 0.1) is 0 Å². The highest BCUT2D eigenvalue weighted by Crippen LogP contribution is 2.27. The van der Waals surface area contributed by atoms with Crippen LogP contribution in [0.5, 0.6) is 0 Å². The highest BCUT2D eigenvalue weighted by molar-refractivity contribution is 6.31. The quantitative estimate of drug-likeness (QED) is 0.673. The Balaban J connectivity index is 2.77. The van der Waals surface area contributed by atoms with Crippen LogP contribution in [0.4, 0.5) is 5.69 Å². The maximum Gasteiger partial charge on any atom is 0.0776 e. The first-order valence-electron chi connectivity index (χ1n) is 7.48. The van der Waals surface area contributed by atoms with Crippen LogP contribution in [-0.2, 0) is 9.47 Å². The molecule has 1 aromatic rings. The molecular weight excluding hydrogens is 290 g/mol. The van der Waals surface area contributed by atoms with Crippen molar-refractivity contribution in [2.45, 2.75) is 26.9 Å². The molecule has 120 valence electrons. The monoisotopic (exact) mass is 315 g/mol. The van der Waals surface area contributed by atoms with Crippen LogP contribution >= 0.6 is 11.6 Å². The lowest BCUT2D eigenvalue weighted by atomic mass is 10.1. The molecule has 0 aliphatic heterocycles. The zero-order valence-electron chi connectivity index (χ0n) is 13.1. The minimum Gasteiger partial charge on any atom is -0.389 e. The van der Waals surface area contributed by atoms with Gasteiger partial charge in [0.1, 0.15) is 0 Å². The summed E-state index contributed by atoms with van der Waals surface area (Å²) in [6.07, 6.45) is -0.563. The lowest BCUT2D eigenvalue weighted by molar-refractivity contribution is 0.141. The second-order valence-corrected chi connectivity index (χ2v) is 5.17. The zero-order valence-corrected chi connectivity index (χ0v) is 13.9. The normalized spacial score (nSPS) is 12.4. The van der Waals surface area contributed by atoms with Crippen LogP contribution in [0.25, 0.3) is 0 Å². The summed E-state index contributed by atoms with van der Waals surface area (Å²) in [5.41, 5.74) is 1.76. The number of ether oxygens (including phenoxy) is 2. The third kappa shape index (κ3) is 6.22. The molecule has 21 heavy (non-hydrogen) atoms. The zero-order chi connectivity index (χ0) is 15.7. The summed E-state index contributed by atoms with van der Waals surface area (Å²) in [6.45, 7) is 10.00. The summed E-state index contributed by atoms with van der Waals surface area (Å²) >= 11 is 6.24. The van der Waals surface area contributed by atoms with Gasteiger partial charge in [-0.3, -0.25) is 0 Å². The third-order valence-electron chi connectivity index (χ3n) is 3.22. The average Bonchev–Trinajstić information content (AvgIpc) is 2.45. The second-order valence-electron chi connectivity index (χ2n) is 4.76. The van der Waals surface area contributed by atoms with Crippen molar-refractivity contribution < 1.29 is 14.6 Å². The number of hydrogen-bond donors (Lipinski definition) is 1. The largest absolute Gasteiger partial charge is 0.389 e. The Morgan fingerprint density at radius 2 is 1.71 bits per heavy atom. The van der Waals surface area contributed by atoms with E-state index >= 15 is 0 Å². The van der Waals surface area contributed by atoms with Crippen LogP contribution in [0.2, 0.25) is 5.02 Å². The molecule has 0 fully saturated rings. The smallest absolute Gasteiger partial charge is 0.0776 e. The summed E-state index contributed by atoms with van der Waals surface area (Å²) in [5.74, 6) is 0. The van der Waals surface area contributed by atoms with E-state index in [0.29, 0.717) is 31.5 Å². The van der Waals surface area contributed by atoms with E-state index in [0.717, 1.165) is 24.3 Å². The van der Waals surface area contributed by atoms with Gasteiger partial charge in [-0.1, -0.05) is 17.7 Å². The van der Waals surface area contributed by atoms with Crippen molar-refractivity contribution in [3.63, 3.8) is 0 Å². The first kappa shape index (κ1) is 18.2.